The number of nitrogens with zero attached hydrogens (tertiary/aromatic N) is 2. The van der Waals surface area contributed by atoms with Gasteiger partial charge in [-0.1, -0.05) is 6.08 Å². The zero-order valence-electron chi connectivity index (χ0n) is 22.0. The summed E-state index contributed by atoms with van der Waals surface area (Å²) < 4.78 is 86.0. The van der Waals surface area contributed by atoms with Crippen molar-refractivity contribution in [1.82, 2.24) is 15.2 Å². The van der Waals surface area contributed by atoms with E-state index in [4.69, 9.17) is 17.0 Å². The Morgan fingerprint density at radius 2 is 1.80 bits per heavy atom. The Labute approximate surface area is 238 Å². The lowest BCUT2D eigenvalue weighted by molar-refractivity contribution is -0.143. The van der Waals surface area contributed by atoms with E-state index in [0.717, 1.165) is 36.9 Å². The highest BCUT2D eigenvalue weighted by molar-refractivity contribution is 7.80. The molecule has 2 aromatic carbocycles. The number of benzene rings is 2. The molecular formula is C29H28F6N4OS. The largest absolute Gasteiger partial charge is 0.497 e. The lowest BCUT2D eigenvalue weighted by Gasteiger charge is -2.52. The van der Waals surface area contributed by atoms with Gasteiger partial charge >= 0.3 is 12.4 Å². The van der Waals surface area contributed by atoms with Crippen LogP contribution in [0.25, 0.3) is 10.9 Å². The molecule has 2 N–H and O–H groups in total. The van der Waals surface area contributed by atoms with Crippen LogP contribution in [0.2, 0.25) is 0 Å². The first-order valence-corrected chi connectivity index (χ1v) is 13.4. The molecule has 6 rings (SSSR count). The molecule has 3 aliphatic rings. The second-order valence-electron chi connectivity index (χ2n) is 10.4. The van der Waals surface area contributed by atoms with Gasteiger partial charge in [-0.25, -0.2) is 0 Å². The van der Waals surface area contributed by atoms with Gasteiger partial charge in [0.15, 0.2) is 5.11 Å². The van der Waals surface area contributed by atoms with Crippen molar-refractivity contribution in [2.24, 2.45) is 11.8 Å². The number of rotatable bonds is 6. The Kier molecular flexibility index (Phi) is 7.90. The van der Waals surface area contributed by atoms with E-state index in [0.29, 0.717) is 35.2 Å². The molecule has 5 atom stereocenters. The van der Waals surface area contributed by atoms with Crippen molar-refractivity contribution >= 4 is 33.9 Å². The molecule has 3 aromatic rings. The van der Waals surface area contributed by atoms with Gasteiger partial charge in [-0.3, -0.25) is 9.88 Å². The van der Waals surface area contributed by atoms with Crippen molar-refractivity contribution in [2.45, 2.75) is 37.3 Å². The zero-order valence-corrected chi connectivity index (χ0v) is 22.8. The van der Waals surface area contributed by atoms with Crippen LogP contribution >= 0.6 is 12.2 Å². The summed E-state index contributed by atoms with van der Waals surface area (Å²) in [7, 11) is 1.55. The van der Waals surface area contributed by atoms with Gasteiger partial charge in [-0.2, -0.15) is 26.3 Å². The highest BCUT2D eigenvalue weighted by Gasteiger charge is 2.43. The molecule has 1 aromatic heterocycles. The van der Waals surface area contributed by atoms with E-state index in [1.54, 1.807) is 19.4 Å². The predicted octanol–water partition coefficient (Wildman–Crippen LogP) is 7.21. The molecule has 3 saturated heterocycles. The SMILES string of the molecule is C=C[C@H]1CN2CC[C@H]1C[C@@H]2[C@@H](NC(=S)Nc1cc(C(F)(F)F)cc(C(F)(F)F)c1)c1ccnc2ccc(OC)cc12. The number of pyridine rings is 1. The number of alkyl halides is 6. The normalized spacial score (nSPS) is 23.2. The fraction of sp³-hybridized carbons (Fsp3) is 0.379. The molecule has 0 aliphatic carbocycles. The first-order chi connectivity index (χ1) is 19.4. The van der Waals surface area contributed by atoms with Crippen LogP contribution in [0.5, 0.6) is 5.75 Å². The van der Waals surface area contributed by atoms with Gasteiger partial charge in [0.05, 0.1) is 29.8 Å². The van der Waals surface area contributed by atoms with Crippen LogP contribution in [0.15, 0.2) is 61.3 Å². The highest BCUT2D eigenvalue weighted by Crippen LogP contribution is 2.43. The Bertz CT molecular complexity index is 1430. The molecule has 0 radical (unpaired) electrons. The molecule has 2 bridgehead atoms. The molecule has 0 amide bonds. The summed E-state index contributed by atoms with van der Waals surface area (Å²) in [6.07, 6.45) is -4.48. The van der Waals surface area contributed by atoms with Crippen molar-refractivity contribution in [3.05, 3.63) is 78.0 Å². The van der Waals surface area contributed by atoms with E-state index < -0.39 is 35.2 Å². The summed E-state index contributed by atoms with van der Waals surface area (Å²) in [5.41, 5.74) is -1.71. The molecule has 0 spiro atoms. The minimum Gasteiger partial charge on any atom is -0.497 e. The van der Waals surface area contributed by atoms with Gasteiger partial charge in [0.2, 0.25) is 0 Å². The quantitative estimate of drug-likeness (QED) is 0.179. The topological polar surface area (TPSA) is 49.4 Å². The van der Waals surface area contributed by atoms with Gasteiger partial charge in [0.1, 0.15) is 5.75 Å². The van der Waals surface area contributed by atoms with Crippen molar-refractivity contribution in [1.29, 1.82) is 0 Å². The number of anilines is 1. The summed E-state index contributed by atoms with van der Waals surface area (Å²) in [5, 5.41) is 6.52. The van der Waals surface area contributed by atoms with E-state index in [1.807, 2.05) is 24.3 Å². The number of hydrogen-bond acceptors (Lipinski definition) is 4. The van der Waals surface area contributed by atoms with Gasteiger partial charge in [0, 0.05) is 29.9 Å². The number of piperidine rings is 3. The number of aromatic nitrogens is 1. The smallest absolute Gasteiger partial charge is 0.416 e. The highest BCUT2D eigenvalue weighted by atomic mass is 32.1. The average molecular weight is 595 g/mol. The summed E-state index contributed by atoms with van der Waals surface area (Å²) in [5.74, 6) is 1.35. The van der Waals surface area contributed by atoms with Gasteiger partial charge in [0.25, 0.3) is 0 Å². The van der Waals surface area contributed by atoms with Crippen LogP contribution in [0.1, 0.15) is 35.6 Å². The third-order valence-corrected chi connectivity index (χ3v) is 8.21. The van der Waals surface area contributed by atoms with Crippen LogP contribution in [0.3, 0.4) is 0 Å². The van der Waals surface area contributed by atoms with Crippen molar-refractivity contribution in [3.8, 4) is 5.75 Å². The first kappa shape index (κ1) is 29.1. The van der Waals surface area contributed by atoms with E-state index in [9.17, 15) is 26.3 Å². The number of ether oxygens (including phenoxy) is 1. The third kappa shape index (κ3) is 6.13. The van der Waals surface area contributed by atoms with Crippen molar-refractivity contribution < 1.29 is 31.1 Å². The minimum atomic E-state index is -4.97. The number of hydrogen-bond donors (Lipinski definition) is 2. The molecule has 12 heteroatoms. The summed E-state index contributed by atoms with van der Waals surface area (Å²) in [4.78, 5) is 6.80. The molecule has 4 heterocycles. The van der Waals surface area contributed by atoms with Gasteiger partial charge in [-0.05, 0) is 91.5 Å². The maximum atomic E-state index is 13.4. The number of methoxy groups -OCH3 is 1. The van der Waals surface area contributed by atoms with E-state index in [-0.39, 0.29) is 17.2 Å². The fourth-order valence-electron chi connectivity index (χ4n) is 5.99. The molecule has 1 unspecified atom stereocenters. The number of nitrogens with one attached hydrogen (secondary N) is 2. The summed E-state index contributed by atoms with van der Waals surface area (Å²) >= 11 is 5.50. The van der Waals surface area contributed by atoms with Crippen LogP contribution < -0.4 is 15.4 Å². The molecular weight excluding hydrogens is 566 g/mol. The Hall–Kier alpha value is -3.38. The lowest BCUT2D eigenvalue weighted by atomic mass is 9.73. The maximum Gasteiger partial charge on any atom is 0.416 e. The monoisotopic (exact) mass is 594 g/mol. The lowest BCUT2D eigenvalue weighted by Crippen LogP contribution is -2.57. The van der Waals surface area contributed by atoms with E-state index in [1.165, 1.54) is 0 Å². The Morgan fingerprint density at radius 3 is 2.39 bits per heavy atom. The Morgan fingerprint density at radius 1 is 1.10 bits per heavy atom. The zero-order chi connectivity index (χ0) is 29.5. The number of halogens is 6. The number of fused-ring (bicyclic) bond motifs is 4. The molecule has 218 valence electrons. The van der Waals surface area contributed by atoms with Gasteiger partial charge in [-0.15, -0.1) is 6.58 Å². The molecule has 3 aliphatic heterocycles. The predicted molar refractivity (Wildman–Crippen MR) is 149 cm³/mol. The first-order valence-electron chi connectivity index (χ1n) is 13.0. The second-order valence-corrected chi connectivity index (χ2v) is 10.8. The summed E-state index contributed by atoms with van der Waals surface area (Å²) in [6, 6.07) is 8.15. The Balaban J connectivity index is 1.51. The molecule has 0 saturated carbocycles. The second kappa shape index (κ2) is 11.1. The van der Waals surface area contributed by atoms with Crippen LogP contribution in [0.4, 0.5) is 32.0 Å². The van der Waals surface area contributed by atoms with Crippen LogP contribution in [-0.2, 0) is 12.4 Å². The fourth-order valence-corrected chi connectivity index (χ4v) is 6.23. The minimum absolute atomic E-state index is 0.0475. The number of thiocarbonyl (C=S) groups is 1. The van der Waals surface area contributed by atoms with Crippen LogP contribution in [0, 0.1) is 11.8 Å². The van der Waals surface area contributed by atoms with Crippen LogP contribution in [-0.4, -0.2) is 41.2 Å². The van der Waals surface area contributed by atoms with E-state index >= 15 is 0 Å². The van der Waals surface area contributed by atoms with Crippen molar-refractivity contribution in [2.75, 3.05) is 25.5 Å². The summed E-state index contributed by atoms with van der Waals surface area (Å²) in [6.45, 7) is 5.63. The third-order valence-electron chi connectivity index (χ3n) is 7.99. The maximum absolute atomic E-state index is 13.4. The van der Waals surface area contributed by atoms with Crippen molar-refractivity contribution in [3.63, 3.8) is 0 Å². The molecule has 3 fully saturated rings. The molecule has 41 heavy (non-hydrogen) atoms. The molecule has 5 nitrogen and oxygen atoms in total. The van der Waals surface area contributed by atoms with Gasteiger partial charge < -0.3 is 15.4 Å². The van der Waals surface area contributed by atoms with E-state index in [2.05, 4.69) is 27.1 Å². The standard InChI is InChI=1S/C29H28F6N4OS/c1-3-16-15-39-9-7-17(16)10-25(39)26(22-6-8-36-24-5-4-21(40-2)14-23(22)24)38-27(41)37-20-12-18(28(30,31)32)11-19(13-20)29(33,34)35/h3-6,8,11-14,16-17,25-26H,1,7,9-10,15H2,2H3,(H2,37,38,41)/t16-,17-,25+,26-/m0/s1. The average Bonchev–Trinajstić information content (AvgIpc) is 2.94.